The molecule has 0 spiro atoms. The fraction of sp³-hybridized carbons (Fsp3) is 0.250. The van der Waals surface area contributed by atoms with Gasteiger partial charge in [-0.3, -0.25) is 4.79 Å². The van der Waals surface area contributed by atoms with Crippen molar-refractivity contribution in [1.29, 1.82) is 0 Å². The first-order valence-corrected chi connectivity index (χ1v) is 4.97. The highest BCUT2D eigenvalue weighted by Crippen LogP contribution is 2.17. The van der Waals surface area contributed by atoms with Gasteiger partial charge in [0.15, 0.2) is 0 Å². The minimum Gasteiger partial charge on any atom is -0.324 e. The molecule has 0 fully saturated rings. The second-order valence-corrected chi connectivity index (χ2v) is 3.92. The van der Waals surface area contributed by atoms with Crippen molar-refractivity contribution < 1.29 is 0 Å². The molecule has 0 aliphatic heterocycles. The van der Waals surface area contributed by atoms with Crippen molar-refractivity contribution in [1.82, 2.24) is 4.98 Å². The van der Waals surface area contributed by atoms with Crippen molar-refractivity contribution in [3.63, 3.8) is 0 Å². The summed E-state index contributed by atoms with van der Waals surface area (Å²) in [6, 6.07) is 7.76. The van der Waals surface area contributed by atoms with Gasteiger partial charge >= 0.3 is 0 Å². The van der Waals surface area contributed by atoms with Gasteiger partial charge in [0, 0.05) is 17.1 Å². The van der Waals surface area contributed by atoms with Crippen molar-refractivity contribution in [2.24, 2.45) is 5.73 Å². The number of H-pyrrole nitrogens is 1. The zero-order valence-electron chi connectivity index (χ0n) is 8.87. The maximum Gasteiger partial charge on any atom is 0.251 e. The summed E-state index contributed by atoms with van der Waals surface area (Å²) >= 11 is 0. The van der Waals surface area contributed by atoms with Crippen LogP contribution in [0.15, 0.2) is 29.1 Å². The van der Waals surface area contributed by atoms with Crippen LogP contribution >= 0.6 is 0 Å². The molecule has 1 atom stereocenters. The molecule has 0 amide bonds. The largest absolute Gasteiger partial charge is 0.324 e. The molecule has 0 bridgehead atoms. The van der Waals surface area contributed by atoms with E-state index in [0.717, 1.165) is 22.0 Å². The Hall–Kier alpha value is -1.61. The number of rotatable bonds is 1. The molecule has 1 unspecified atom stereocenters. The number of aromatic amines is 1. The molecule has 0 saturated heterocycles. The third-order valence-corrected chi connectivity index (χ3v) is 2.58. The highest BCUT2D eigenvalue weighted by molar-refractivity contribution is 5.79. The molecule has 0 radical (unpaired) electrons. The number of aryl methyl sites for hydroxylation is 1. The molecule has 2 aromatic rings. The van der Waals surface area contributed by atoms with Crippen molar-refractivity contribution in [3.8, 4) is 0 Å². The lowest BCUT2D eigenvalue weighted by Crippen LogP contribution is -2.09. The molecule has 78 valence electrons. The van der Waals surface area contributed by atoms with E-state index in [1.807, 2.05) is 31.2 Å². The molecule has 1 aromatic carbocycles. The predicted molar refractivity (Wildman–Crippen MR) is 61.9 cm³/mol. The van der Waals surface area contributed by atoms with Gasteiger partial charge in [-0.25, -0.2) is 0 Å². The molecule has 3 nitrogen and oxygen atoms in total. The van der Waals surface area contributed by atoms with Gasteiger partial charge in [0.05, 0.1) is 0 Å². The molecule has 0 aliphatic carbocycles. The topological polar surface area (TPSA) is 58.9 Å². The van der Waals surface area contributed by atoms with Crippen LogP contribution in [-0.4, -0.2) is 4.98 Å². The summed E-state index contributed by atoms with van der Waals surface area (Å²) in [6.45, 7) is 3.75. The van der Waals surface area contributed by atoms with Crippen molar-refractivity contribution >= 4 is 10.9 Å². The smallest absolute Gasteiger partial charge is 0.251 e. The van der Waals surface area contributed by atoms with Gasteiger partial charge in [0.25, 0.3) is 5.56 Å². The molecule has 3 N–H and O–H groups in total. The van der Waals surface area contributed by atoms with Crippen LogP contribution in [0, 0.1) is 6.92 Å². The van der Waals surface area contributed by atoms with Gasteiger partial charge in [-0.15, -0.1) is 0 Å². The Kier molecular flexibility index (Phi) is 2.32. The van der Waals surface area contributed by atoms with Crippen LogP contribution in [0.4, 0.5) is 0 Å². The first-order valence-electron chi connectivity index (χ1n) is 4.97. The maximum atomic E-state index is 11.4. The van der Waals surface area contributed by atoms with Gasteiger partial charge < -0.3 is 10.7 Å². The summed E-state index contributed by atoms with van der Waals surface area (Å²) in [5.74, 6) is 0. The van der Waals surface area contributed by atoms with Gasteiger partial charge in [0.1, 0.15) is 0 Å². The Morgan fingerprint density at radius 2 is 2.07 bits per heavy atom. The molecule has 1 aromatic heterocycles. The lowest BCUT2D eigenvalue weighted by Gasteiger charge is -2.07. The van der Waals surface area contributed by atoms with E-state index in [9.17, 15) is 4.79 Å². The van der Waals surface area contributed by atoms with E-state index in [2.05, 4.69) is 4.98 Å². The summed E-state index contributed by atoms with van der Waals surface area (Å²) in [7, 11) is 0. The summed E-state index contributed by atoms with van der Waals surface area (Å²) in [5.41, 5.74) is 8.43. The zero-order chi connectivity index (χ0) is 11.0. The molecular weight excluding hydrogens is 188 g/mol. The summed E-state index contributed by atoms with van der Waals surface area (Å²) in [5, 5.41) is 1.03. The number of aromatic nitrogens is 1. The van der Waals surface area contributed by atoms with Gasteiger partial charge in [0.2, 0.25) is 0 Å². The Balaban J connectivity index is 2.72. The number of nitrogens with two attached hydrogens (primary N) is 1. The predicted octanol–water partition coefficient (Wildman–Crippen LogP) is 1.86. The minimum atomic E-state index is -0.0314. The normalized spacial score (nSPS) is 13.0. The van der Waals surface area contributed by atoms with E-state index in [-0.39, 0.29) is 11.6 Å². The first-order chi connectivity index (χ1) is 7.08. The third kappa shape index (κ3) is 1.78. The fourth-order valence-electron chi connectivity index (χ4n) is 1.62. The molecule has 0 saturated carbocycles. The molecule has 1 heterocycles. The number of hydrogen-bond donors (Lipinski definition) is 2. The lowest BCUT2D eigenvalue weighted by molar-refractivity contribution is 0.820. The summed E-state index contributed by atoms with van der Waals surface area (Å²) in [4.78, 5) is 14.2. The van der Waals surface area contributed by atoms with Crippen LogP contribution in [0.25, 0.3) is 10.9 Å². The highest BCUT2D eigenvalue weighted by atomic mass is 16.1. The number of fused-ring (bicyclic) bond motifs is 1. The van der Waals surface area contributed by atoms with Crippen LogP contribution in [-0.2, 0) is 0 Å². The van der Waals surface area contributed by atoms with E-state index < -0.39 is 0 Å². The van der Waals surface area contributed by atoms with E-state index in [1.54, 1.807) is 6.92 Å². The second-order valence-electron chi connectivity index (χ2n) is 3.92. The monoisotopic (exact) mass is 202 g/mol. The van der Waals surface area contributed by atoms with E-state index >= 15 is 0 Å². The van der Waals surface area contributed by atoms with E-state index in [1.165, 1.54) is 0 Å². The lowest BCUT2D eigenvalue weighted by atomic mass is 10.1. The fourth-order valence-corrected chi connectivity index (χ4v) is 1.62. The standard InChI is InChI=1S/C12H14N2O/c1-7-5-10-6-9(8(2)13)3-4-11(10)14-12(7)15/h3-6,8H,13H2,1-2H3,(H,14,15). The Morgan fingerprint density at radius 1 is 1.33 bits per heavy atom. The minimum absolute atomic E-state index is 0.0154. The summed E-state index contributed by atoms with van der Waals surface area (Å²) in [6.07, 6.45) is 0. The first kappa shape index (κ1) is 9.93. The van der Waals surface area contributed by atoms with E-state index in [4.69, 9.17) is 5.73 Å². The molecule has 3 heteroatoms. The summed E-state index contributed by atoms with van der Waals surface area (Å²) < 4.78 is 0. The number of nitrogens with one attached hydrogen (secondary N) is 1. The van der Waals surface area contributed by atoms with Crippen LogP contribution in [0.1, 0.15) is 24.1 Å². The van der Waals surface area contributed by atoms with Gasteiger partial charge in [-0.2, -0.15) is 0 Å². The van der Waals surface area contributed by atoms with E-state index in [0.29, 0.717) is 0 Å². The van der Waals surface area contributed by atoms with Crippen LogP contribution in [0.2, 0.25) is 0 Å². The average Bonchev–Trinajstić information content (AvgIpc) is 2.19. The van der Waals surface area contributed by atoms with Crippen molar-refractivity contribution in [3.05, 3.63) is 45.7 Å². The molecular formula is C12H14N2O. The van der Waals surface area contributed by atoms with Crippen LogP contribution in [0.5, 0.6) is 0 Å². The molecule has 0 aliphatic rings. The van der Waals surface area contributed by atoms with Crippen LogP contribution < -0.4 is 11.3 Å². The average molecular weight is 202 g/mol. The highest BCUT2D eigenvalue weighted by Gasteiger charge is 2.02. The number of pyridine rings is 1. The van der Waals surface area contributed by atoms with Crippen molar-refractivity contribution in [2.45, 2.75) is 19.9 Å². The Bertz CT molecular complexity index is 555. The Morgan fingerprint density at radius 3 is 2.73 bits per heavy atom. The molecule has 2 rings (SSSR count). The third-order valence-electron chi connectivity index (χ3n) is 2.58. The quantitative estimate of drug-likeness (QED) is 0.741. The Labute approximate surface area is 87.9 Å². The number of benzene rings is 1. The van der Waals surface area contributed by atoms with Crippen molar-refractivity contribution in [2.75, 3.05) is 0 Å². The second kappa shape index (κ2) is 3.51. The SMILES string of the molecule is Cc1cc2cc(C(C)N)ccc2[nH]c1=O. The maximum absolute atomic E-state index is 11.4. The number of hydrogen-bond acceptors (Lipinski definition) is 2. The van der Waals surface area contributed by atoms with Gasteiger partial charge in [-0.1, -0.05) is 6.07 Å². The van der Waals surface area contributed by atoms with Crippen LogP contribution in [0.3, 0.4) is 0 Å². The molecule has 15 heavy (non-hydrogen) atoms. The zero-order valence-corrected chi connectivity index (χ0v) is 8.87. The van der Waals surface area contributed by atoms with Gasteiger partial charge in [-0.05, 0) is 43.0 Å².